The van der Waals surface area contributed by atoms with Crippen molar-refractivity contribution in [1.82, 2.24) is 24.3 Å². The highest BCUT2D eigenvalue weighted by Crippen LogP contribution is 2.31. The molecule has 170 valence electrons. The molecule has 0 fully saturated rings. The summed E-state index contributed by atoms with van der Waals surface area (Å²) in [4.78, 5) is 26.4. The molecule has 5 heterocycles. The van der Waals surface area contributed by atoms with Crippen LogP contribution < -0.4 is 5.32 Å². The van der Waals surface area contributed by atoms with Crippen molar-refractivity contribution in [2.24, 2.45) is 0 Å². The number of nitrogens with one attached hydrogen (secondary N) is 2. The molecule has 4 aromatic heterocycles. The molecule has 2 N–H and O–H groups in total. The van der Waals surface area contributed by atoms with Crippen molar-refractivity contribution in [2.45, 2.75) is 39.7 Å². The van der Waals surface area contributed by atoms with Gasteiger partial charge in [-0.1, -0.05) is 6.08 Å². The number of pyridine rings is 2. The molecule has 0 atom stereocenters. The number of carbonyl (C=O) groups excluding carboxylic acids is 1. The van der Waals surface area contributed by atoms with Gasteiger partial charge in [-0.25, -0.2) is 14.8 Å². The van der Waals surface area contributed by atoms with E-state index in [1.54, 1.807) is 11.1 Å². The molecule has 0 bridgehead atoms. The highest BCUT2D eigenvalue weighted by atomic mass is 16.6. The van der Waals surface area contributed by atoms with Crippen LogP contribution in [0.15, 0.2) is 49.1 Å². The minimum absolute atomic E-state index is 0.270. The van der Waals surface area contributed by atoms with Crippen molar-refractivity contribution in [1.29, 1.82) is 0 Å². The number of hydrogen-bond donors (Lipinski definition) is 2. The molecule has 1 aliphatic rings. The Morgan fingerprint density at radius 2 is 2.06 bits per heavy atom. The SMILES string of the molecule is Cc1ncn2ccc(Nc3ccnc4[nH]c(C5=CCN(C(=O)OC(C)(C)C)CC5)cc34)cc12. The van der Waals surface area contributed by atoms with Crippen LogP contribution in [0.4, 0.5) is 16.2 Å². The van der Waals surface area contributed by atoms with Crippen molar-refractivity contribution in [3.63, 3.8) is 0 Å². The van der Waals surface area contributed by atoms with E-state index in [2.05, 4.69) is 38.5 Å². The summed E-state index contributed by atoms with van der Waals surface area (Å²) in [5, 5.41) is 4.55. The number of H-pyrrole nitrogens is 1. The first kappa shape index (κ1) is 21.1. The fourth-order valence-electron chi connectivity index (χ4n) is 4.07. The zero-order chi connectivity index (χ0) is 23.2. The number of aromatic amines is 1. The standard InChI is InChI=1S/C25H28N6O2/c1-16-22-13-18(8-12-31(22)15-27-16)28-20-5-9-26-23-19(20)14-21(29-23)17-6-10-30(11-7-17)24(32)33-25(2,3)4/h5-6,8-9,12-15H,7,10-11H2,1-4H3,(H2,26,28,29). The average molecular weight is 445 g/mol. The highest BCUT2D eigenvalue weighted by Gasteiger charge is 2.24. The van der Waals surface area contributed by atoms with E-state index in [4.69, 9.17) is 4.74 Å². The Morgan fingerprint density at radius 1 is 1.21 bits per heavy atom. The summed E-state index contributed by atoms with van der Waals surface area (Å²) < 4.78 is 7.50. The first-order valence-corrected chi connectivity index (χ1v) is 11.1. The third-order valence-electron chi connectivity index (χ3n) is 5.75. The van der Waals surface area contributed by atoms with Gasteiger partial charge in [0.15, 0.2) is 0 Å². The third kappa shape index (κ3) is 4.28. The Bertz CT molecular complexity index is 1370. The summed E-state index contributed by atoms with van der Waals surface area (Å²) in [7, 11) is 0. The molecule has 0 saturated heterocycles. The Labute approximate surface area is 192 Å². The maximum absolute atomic E-state index is 12.3. The predicted molar refractivity (Wildman–Crippen MR) is 130 cm³/mol. The second kappa shape index (κ2) is 7.95. The van der Waals surface area contributed by atoms with Gasteiger partial charge in [-0.15, -0.1) is 0 Å². The minimum Gasteiger partial charge on any atom is -0.444 e. The molecule has 33 heavy (non-hydrogen) atoms. The van der Waals surface area contributed by atoms with Crippen LogP contribution in [0.5, 0.6) is 0 Å². The smallest absolute Gasteiger partial charge is 0.410 e. The normalized spacial score (nSPS) is 14.5. The maximum Gasteiger partial charge on any atom is 0.410 e. The van der Waals surface area contributed by atoms with Crippen LogP contribution in [0.25, 0.3) is 22.1 Å². The van der Waals surface area contributed by atoms with Crippen LogP contribution >= 0.6 is 0 Å². The number of rotatable bonds is 3. The van der Waals surface area contributed by atoms with E-state index in [0.29, 0.717) is 13.1 Å². The summed E-state index contributed by atoms with van der Waals surface area (Å²) in [6, 6.07) is 8.23. The fraction of sp³-hybridized carbons (Fsp3) is 0.320. The van der Waals surface area contributed by atoms with Crippen LogP contribution in [-0.4, -0.2) is 49.0 Å². The summed E-state index contributed by atoms with van der Waals surface area (Å²) in [6.45, 7) is 8.81. The molecule has 8 heteroatoms. The van der Waals surface area contributed by atoms with E-state index in [1.165, 1.54) is 5.57 Å². The number of ether oxygens (including phenoxy) is 1. The highest BCUT2D eigenvalue weighted by molar-refractivity contribution is 5.94. The summed E-state index contributed by atoms with van der Waals surface area (Å²) in [5.74, 6) is 0. The molecule has 8 nitrogen and oxygen atoms in total. The van der Waals surface area contributed by atoms with Crippen molar-refractivity contribution < 1.29 is 9.53 Å². The van der Waals surface area contributed by atoms with Gasteiger partial charge in [-0.3, -0.25) is 0 Å². The monoisotopic (exact) mass is 444 g/mol. The quantitative estimate of drug-likeness (QED) is 0.448. The number of hydrogen-bond acceptors (Lipinski definition) is 5. The maximum atomic E-state index is 12.3. The lowest BCUT2D eigenvalue weighted by atomic mass is 10.0. The van der Waals surface area contributed by atoms with E-state index < -0.39 is 5.60 Å². The lowest BCUT2D eigenvalue weighted by molar-refractivity contribution is 0.0270. The molecule has 0 unspecified atom stereocenters. The second-order valence-electron chi connectivity index (χ2n) is 9.37. The van der Waals surface area contributed by atoms with Gasteiger partial charge in [-0.2, -0.15) is 0 Å². The number of aromatic nitrogens is 4. The van der Waals surface area contributed by atoms with Crippen molar-refractivity contribution in [2.75, 3.05) is 18.4 Å². The van der Waals surface area contributed by atoms with Crippen LogP contribution in [0.1, 0.15) is 38.6 Å². The fourth-order valence-corrected chi connectivity index (χ4v) is 4.07. The molecule has 0 aliphatic carbocycles. The van der Waals surface area contributed by atoms with E-state index in [-0.39, 0.29) is 6.09 Å². The van der Waals surface area contributed by atoms with E-state index >= 15 is 0 Å². The van der Waals surface area contributed by atoms with E-state index in [0.717, 1.165) is 45.7 Å². The molecule has 1 aliphatic heterocycles. The van der Waals surface area contributed by atoms with E-state index in [1.807, 2.05) is 56.8 Å². The summed E-state index contributed by atoms with van der Waals surface area (Å²) in [5.41, 5.74) is 6.57. The van der Waals surface area contributed by atoms with Gasteiger partial charge in [0.1, 0.15) is 11.2 Å². The number of imidazole rings is 1. The predicted octanol–water partition coefficient (Wildman–Crippen LogP) is 5.29. The lowest BCUT2D eigenvalue weighted by Gasteiger charge is -2.29. The van der Waals surface area contributed by atoms with Gasteiger partial charge in [-0.05, 0) is 64.0 Å². The number of fused-ring (bicyclic) bond motifs is 2. The van der Waals surface area contributed by atoms with E-state index in [9.17, 15) is 4.79 Å². The third-order valence-corrected chi connectivity index (χ3v) is 5.75. The molecule has 0 aromatic carbocycles. The Kier molecular flexibility index (Phi) is 5.08. The number of amides is 1. The molecule has 0 spiro atoms. The van der Waals surface area contributed by atoms with Gasteiger partial charge in [0, 0.05) is 42.3 Å². The van der Waals surface area contributed by atoms with Crippen LogP contribution in [0.3, 0.4) is 0 Å². The first-order valence-electron chi connectivity index (χ1n) is 11.1. The second-order valence-corrected chi connectivity index (χ2v) is 9.37. The summed E-state index contributed by atoms with van der Waals surface area (Å²) >= 11 is 0. The Hall–Kier alpha value is -3.81. The zero-order valence-electron chi connectivity index (χ0n) is 19.3. The van der Waals surface area contributed by atoms with Crippen molar-refractivity contribution in [3.8, 4) is 0 Å². The minimum atomic E-state index is -0.491. The zero-order valence-corrected chi connectivity index (χ0v) is 19.3. The molecule has 1 amide bonds. The molecular weight excluding hydrogens is 416 g/mol. The molecular formula is C25H28N6O2. The van der Waals surface area contributed by atoms with Gasteiger partial charge in [0.05, 0.1) is 23.2 Å². The lowest BCUT2D eigenvalue weighted by Crippen LogP contribution is -2.39. The van der Waals surface area contributed by atoms with Gasteiger partial charge < -0.3 is 24.3 Å². The van der Waals surface area contributed by atoms with Crippen molar-refractivity contribution in [3.05, 3.63) is 60.5 Å². The van der Waals surface area contributed by atoms with Crippen LogP contribution in [0.2, 0.25) is 0 Å². The van der Waals surface area contributed by atoms with Gasteiger partial charge >= 0.3 is 6.09 Å². The molecule has 0 radical (unpaired) electrons. The molecule has 5 rings (SSSR count). The summed E-state index contributed by atoms with van der Waals surface area (Å²) in [6.07, 6.45) is 8.19. The Balaban J connectivity index is 1.37. The molecule has 4 aromatic rings. The average Bonchev–Trinajstić information content (AvgIpc) is 3.37. The number of anilines is 2. The van der Waals surface area contributed by atoms with Crippen molar-refractivity contribution >= 4 is 39.6 Å². The number of nitrogens with zero attached hydrogens (tertiary/aromatic N) is 4. The van der Waals surface area contributed by atoms with Crippen LogP contribution in [0, 0.1) is 6.92 Å². The Morgan fingerprint density at radius 3 is 2.82 bits per heavy atom. The largest absolute Gasteiger partial charge is 0.444 e. The molecule has 0 saturated carbocycles. The number of carbonyl (C=O) groups is 1. The topological polar surface area (TPSA) is 87.5 Å². The van der Waals surface area contributed by atoms with Crippen LogP contribution in [-0.2, 0) is 4.74 Å². The van der Waals surface area contributed by atoms with Gasteiger partial charge in [0.2, 0.25) is 0 Å². The van der Waals surface area contributed by atoms with Gasteiger partial charge in [0.25, 0.3) is 0 Å². The first-order chi connectivity index (χ1) is 15.8. The number of aryl methyl sites for hydroxylation is 1.